The van der Waals surface area contributed by atoms with Gasteiger partial charge in [-0.25, -0.2) is 4.98 Å². The fourth-order valence-corrected chi connectivity index (χ4v) is 2.46. The van der Waals surface area contributed by atoms with Crippen molar-refractivity contribution in [3.63, 3.8) is 0 Å². The molecule has 0 radical (unpaired) electrons. The van der Waals surface area contributed by atoms with E-state index in [1.54, 1.807) is 7.11 Å². The van der Waals surface area contributed by atoms with Crippen LogP contribution in [-0.2, 0) is 6.42 Å². The third kappa shape index (κ3) is 2.57. The minimum Gasteiger partial charge on any atom is -0.496 e. The Labute approximate surface area is 115 Å². The second kappa shape index (κ2) is 5.54. The van der Waals surface area contributed by atoms with Gasteiger partial charge in [0.25, 0.3) is 0 Å². The van der Waals surface area contributed by atoms with Crippen LogP contribution in [0.1, 0.15) is 11.5 Å². The van der Waals surface area contributed by atoms with Gasteiger partial charge in [-0.15, -0.1) is 0 Å². The minimum atomic E-state index is 0.603. The van der Waals surface area contributed by atoms with Gasteiger partial charge in [-0.3, -0.25) is 0 Å². The van der Waals surface area contributed by atoms with Gasteiger partial charge in [0.1, 0.15) is 11.6 Å². The van der Waals surface area contributed by atoms with E-state index >= 15 is 0 Å². The van der Waals surface area contributed by atoms with Crippen LogP contribution in [0, 0.1) is 6.92 Å². The van der Waals surface area contributed by atoms with E-state index < -0.39 is 0 Å². The van der Waals surface area contributed by atoms with Crippen LogP contribution < -0.4 is 10.5 Å². The summed E-state index contributed by atoms with van der Waals surface area (Å²) >= 11 is 3.49. The third-order valence-electron chi connectivity index (χ3n) is 2.72. The van der Waals surface area contributed by atoms with Crippen molar-refractivity contribution in [3.8, 4) is 17.0 Å². The third-order valence-corrected chi connectivity index (χ3v) is 3.34. The van der Waals surface area contributed by atoms with Crippen LogP contribution >= 0.6 is 15.9 Å². The van der Waals surface area contributed by atoms with Gasteiger partial charge < -0.3 is 15.5 Å². The van der Waals surface area contributed by atoms with Gasteiger partial charge in [0.15, 0.2) is 0 Å². The molecule has 2 rings (SSSR count). The predicted octanol–water partition coefficient (Wildman–Crippen LogP) is 2.66. The first-order valence-corrected chi connectivity index (χ1v) is 6.54. The summed E-state index contributed by atoms with van der Waals surface area (Å²) in [7, 11) is 1.65. The standard InChI is InChI=1S/C13H16BrN3O/c1-8-16-11(5-6-15)13(17-8)9-3-4-12(18-2)10(14)7-9/h3-4,7H,5-6,15H2,1-2H3,(H,16,17). The Hall–Kier alpha value is -1.33. The maximum Gasteiger partial charge on any atom is 0.133 e. The monoisotopic (exact) mass is 309 g/mol. The summed E-state index contributed by atoms with van der Waals surface area (Å²) in [6.45, 7) is 2.55. The van der Waals surface area contributed by atoms with Crippen LogP contribution in [0.3, 0.4) is 0 Å². The number of hydrogen-bond donors (Lipinski definition) is 2. The van der Waals surface area contributed by atoms with Gasteiger partial charge >= 0.3 is 0 Å². The van der Waals surface area contributed by atoms with Crippen molar-refractivity contribution in [1.29, 1.82) is 0 Å². The van der Waals surface area contributed by atoms with Crippen LogP contribution in [0.5, 0.6) is 5.75 Å². The molecule has 4 nitrogen and oxygen atoms in total. The molecule has 3 N–H and O–H groups in total. The lowest BCUT2D eigenvalue weighted by atomic mass is 10.1. The summed E-state index contributed by atoms with van der Waals surface area (Å²) in [5, 5.41) is 0. The molecule has 2 aromatic rings. The summed E-state index contributed by atoms with van der Waals surface area (Å²) in [6, 6.07) is 5.93. The van der Waals surface area contributed by atoms with Crippen LogP contribution in [-0.4, -0.2) is 23.6 Å². The van der Waals surface area contributed by atoms with Gasteiger partial charge in [-0.05, 0) is 47.6 Å². The van der Waals surface area contributed by atoms with Gasteiger partial charge in [0.05, 0.1) is 17.3 Å². The number of methoxy groups -OCH3 is 1. The Bertz CT molecular complexity index is 551. The van der Waals surface area contributed by atoms with E-state index in [9.17, 15) is 0 Å². The number of halogens is 1. The fraction of sp³-hybridized carbons (Fsp3) is 0.308. The second-order valence-electron chi connectivity index (χ2n) is 4.04. The molecule has 1 aromatic heterocycles. The molecule has 0 unspecified atom stereocenters. The van der Waals surface area contributed by atoms with E-state index in [1.807, 2.05) is 25.1 Å². The highest BCUT2D eigenvalue weighted by molar-refractivity contribution is 9.10. The van der Waals surface area contributed by atoms with E-state index in [0.29, 0.717) is 6.54 Å². The summed E-state index contributed by atoms with van der Waals surface area (Å²) < 4.78 is 6.14. The minimum absolute atomic E-state index is 0.603. The van der Waals surface area contributed by atoms with Gasteiger partial charge in [-0.2, -0.15) is 0 Å². The number of rotatable bonds is 4. The molecule has 0 aliphatic rings. The first-order chi connectivity index (χ1) is 8.65. The number of benzene rings is 1. The molecule has 0 saturated heterocycles. The highest BCUT2D eigenvalue weighted by atomic mass is 79.9. The highest BCUT2D eigenvalue weighted by Crippen LogP contribution is 2.31. The number of hydrogen-bond acceptors (Lipinski definition) is 3. The molecule has 0 spiro atoms. The molecule has 0 aliphatic heterocycles. The maximum atomic E-state index is 5.62. The van der Waals surface area contributed by atoms with Crippen molar-refractivity contribution < 1.29 is 4.74 Å². The molecular formula is C13H16BrN3O. The summed E-state index contributed by atoms with van der Waals surface area (Å²) in [5.41, 5.74) is 8.70. The first-order valence-electron chi connectivity index (χ1n) is 5.75. The van der Waals surface area contributed by atoms with Crippen molar-refractivity contribution in [2.24, 2.45) is 5.73 Å². The Kier molecular flexibility index (Phi) is 4.04. The van der Waals surface area contributed by atoms with Crippen LogP contribution in [0.25, 0.3) is 11.3 Å². The number of ether oxygens (including phenoxy) is 1. The van der Waals surface area contributed by atoms with E-state index in [2.05, 4.69) is 25.9 Å². The number of aryl methyl sites for hydroxylation is 1. The number of nitrogens with one attached hydrogen (secondary N) is 1. The van der Waals surface area contributed by atoms with Crippen LogP contribution in [0.2, 0.25) is 0 Å². The zero-order valence-corrected chi connectivity index (χ0v) is 12.0. The summed E-state index contributed by atoms with van der Waals surface area (Å²) in [6.07, 6.45) is 0.791. The molecule has 0 amide bonds. The predicted molar refractivity (Wildman–Crippen MR) is 75.8 cm³/mol. The number of H-pyrrole nitrogens is 1. The van der Waals surface area contributed by atoms with Crippen molar-refractivity contribution in [2.45, 2.75) is 13.3 Å². The van der Waals surface area contributed by atoms with E-state index in [1.165, 1.54) is 0 Å². The van der Waals surface area contributed by atoms with Gasteiger partial charge in [0.2, 0.25) is 0 Å². The molecule has 0 aliphatic carbocycles. The largest absolute Gasteiger partial charge is 0.496 e. The Morgan fingerprint density at radius 2 is 2.22 bits per heavy atom. The summed E-state index contributed by atoms with van der Waals surface area (Å²) in [4.78, 5) is 7.78. The molecule has 0 fully saturated rings. The zero-order valence-electron chi connectivity index (χ0n) is 10.5. The number of nitrogens with two attached hydrogens (primary N) is 1. The lowest BCUT2D eigenvalue weighted by Gasteiger charge is -2.06. The SMILES string of the molecule is COc1ccc(-c2nc(C)[nH]c2CCN)cc1Br. The maximum absolute atomic E-state index is 5.62. The number of nitrogens with zero attached hydrogens (tertiary/aromatic N) is 1. The average Bonchev–Trinajstić information content (AvgIpc) is 2.71. The zero-order chi connectivity index (χ0) is 13.1. The number of imidazole rings is 1. The lowest BCUT2D eigenvalue weighted by Crippen LogP contribution is -2.04. The first kappa shape index (κ1) is 13.1. The van der Waals surface area contributed by atoms with Crippen molar-refractivity contribution >= 4 is 15.9 Å². The lowest BCUT2D eigenvalue weighted by molar-refractivity contribution is 0.412. The van der Waals surface area contributed by atoms with Crippen molar-refractivity contribution in [2.75, 3.05) is 13.7 Å². The Balaban J connectivity index is 2.44. The van der Waals surface area contributed by atoms with Crippen molar-refractivity contribution in [1.82, 2.24) is 9.97 Å². The smallest absolute Gasteiger partial charge is 0.133 e. The second-order valence-corrected chi connectivity index (χ2v) is 4.89. The highest BCUT2D eigenvalue weighted by Gasteiger charge is 2.11. The van der Waals surface area contributed by atoms with Crippen LogP contribution in [0.15, 0.2) is 22.7 Å². The van der Waals surface area contributed by atoms with Crippen molar-refractivity contribution in [3.05, 3.63) is 34.2 Å². The van der Waals surface area contributed by atoms with E-state index in [-0.39, 0.29) is 0 Å². The molecule has 5 heteroatoms. The molecule has 0 atom stereocenters. The number of aromatic amines is 1. The quantitative estimate of drug-likeness (QED) is 0.912. The fourth-order valence-electron chi connectivity index (χ4n) is 1.92. The molecule has 96 valence electrons. The van der Waals surface area contributed by atoms with Crippen LogP contribution in [0.4, 0.5) is 0 Å². The normalized spacial score (nSPS) is 10.7. The number of aromatic nitrogens is 2. The molecule has 0 saturated carbocycles. The molecule has 1 heterocycles. The summed E-state index contributed by atoms with van der Waals surface area (Å²) in [5.74, 6) is 1.71. The Morgan fingerprint density at radius 3 is 2.83 bits per heavy atom. The average molecular weight is 310 g/mol. The molecule has 18 heavy (non-hydrogen) atoms. The molecule has 1 aromatic carbocycles. The van der Waals surface area contributed by atoms with E-state index in [0.717, 1.165) is 39.4 Å². The molecular weight excluding hydrogens is 294 g/mol. The van der Waals surface area contributed by atoms with Gasteiger partial charge in [0, 0.05) is 17.7 Å². The Morgan fingerprint density at radius 1 is 1.44 bits per heavy atom. The van der Waals surface area contributed by atoms with Gasteiger partial charge in [-0.1, -0.05) is 0 Å². The topological polar surface area (TPSA) is 63.9 Å². The van der Waals surface area contributed by atoms with E-state index in [4.69, 9.17) is 10.5 Å². The molecule has 0 bridgehead atoms.